The zero-order valence-corrected chi connectivity index (χ0v) is 19.5. The summed E-state index contributed by atoms with van der Waals surface area (Å²) in [6.45, 7) is 4.87. The minimum absolute atomic E-state index is 0.00271. The summed E-state index contributed by atoms with van der Waals surface area (Å²) in [5.74, 6) is 2.45. The molecule has 1 N–H and O–H groups in total. The second kappa shape index (κ2) is 10.3. The molecule has 2 aromatic heterocycles. The fourth-order valence-electron chi connectivity index (χ4n) is 4.50. The maximum absolute atomic E-state index is 12.3. The Morgan fingerprint density at radius 2 is 2.00 bits per heavy atom. The van der Waals surface area contributed by atoms with Gasteiger partial charge < -0.3 is 24.6 Å². The Bertz CT molecular complexity index is 1120. The van der Waals surface area contributed by atoms with Crippen LogP contribution >= 0.6 is 0 Å². The summed E-state index contributed by atoms with van der Waals surface area (Å²) in [6.07, 6.45) is 3.05. The molecule has 1 aromatic carbocycles. The molecular weight excluding hydrogens is 434 g/mol. The van der Waals surface area contributed by atoms with Crippen molar-refractivity contribution in [3.05, 3.63) is 42.2 Å². The predicted octanol–water partition coefficient (Wildman–Crippen LogP) is 1.69. The molecule has 4 heterocycles. The molecule has 0 unspecified atom stereocenters. The first-order valence-corrected chi connectivity index (χ1v) is 11.9. The van der Waals surface area contributed by atoms with Gasteiger partial charge in [0.25, 0.3) is 0 Å². The molecule has 1 amide bonds. The monoisotopic (exact) mass is 465 g/mol. The highest BCUT2D eigenvalue weighted by Crippen LogP contribution is 2.23. The number of nitrogens with zero attached hydrogens (tertiary/aromatic N) is 6. The Labute approximate surface area is 198 Å². The lowest BCUT2D eigenvalue weighted by Crippen LogP contribution is -2.47. The number of benzene rings is 1. The molecule has 0 spiro atoms. The molecule has 0 aliphatic carbocycles. The van der Waals surface area contributed by atoms with Gasteiger partial charge in [0, 0.05) is 63.9 Å². The van der Waals surface area contributed by atoms with E-state index in [2.05, 4.69) is 37.4 Å². The van der Waals surface area contributed by atoms with Crippen molar-refractivity contribution in [2.24, 2.45) is 0 Å². The second-order valence-corrected chi connectivity index (χ2v) is 8.69. The van der Waals surface area contributed by atoms with Crippen LogP contribution in [0.4, 0.5) is 11.5 Å². The summed E-state index contributed by atoms with van der Waals surface area (Å²) < 4.78 is 12.7. The van der Waals surface area contributed by atoms with Crippen LogP contribution in [0.3, 0.4) is 0 Å². The van der Waals surface area contributed by atoms with E-state index in [-0.39, 0.29) is 12.0 Å². The third-order valence-corrected chi connectivity index (χ3v) is 6.46. The van der Waals surface area contributed by atoms with E-state index in [1.165, 1.54) is 5.69 Å². The zero-order chi connectivity index (χ0) is 23.3. The molecule has 10 nitrogen and oxygen atoms in total. The molecule has 0 radical (unpaired) electrons. The molecule has 5 rings (SSSR count). The van der Waals surface area contributed by atoms with E-state index in [4.69, 9.17) is 14.6 Å². The van der Waals surface area contributed by atoms with Crippen LogP contribution in [-0.4, -0.2) is 78.3 Å². The number of aromatic nitrogens is 4. The maximum Gasteiger partial charge on any atom is 0.220 e. The van der Waals surface area contributed by atoms with Crippen molar-refractivity contribution < 1.29 is 14.3 Å². The van der Waals surface area contributed by atoms with Gasteiger partial charge in [-0.2, -0.15) is 4.52 Å². The SMILES string of the molecule is COc1cccc(N2CCN(c3ccc4nnc(CCC(=O)NC[C@H]5CCCO5)n4n3)CC2)c1. The fraction of sp³-hybridized carbons (Fsp3) is 0.500. The van der Waals surface area contributed by atoms with Gasteiger partial charge in [-0.15, -0.1) is 15.3 Å². The minimum atomic E-state index is -0.00271. The van der Waals surface area contributed by atoms with Gasteiger partial charge in [-0.3, -0.25) is 4.79 Å². The van der Waals surface area contributed by atoms with E-state index in [1.54, 1.807) is 11.6 Å². The molecule has 2 aliphatic heterocycles. The van der Waals surface area contributed by atoms with Crippen LogP contribution < -0.4 is 19.9 Å². The summed E-state index contributed by atoms with van der Waals surface area (Å²) in [4.78, 5) is 16.9. The highest BCUT2D eigenvalue weighted by Gasteiger charge is 2.20. The van der Waals surface area contributed by atoms with Crippen molar-refractivity contribution in [1.82, 2.24) is 25.1 Å². The number of fused-ring (bicyclic) bond motifs is 1. The number of aryl methyl sites for hydroxylation is 1. The molecule has 3 aromatic rings. The van der Waals surface area contributed by atoms with E-state index in [0.717, 1.165) is 57.2 Å². The molecular formula is C24H31N7O3. The molecule has 180 valence electrons. The van der Waals surface area contributed by atoms with Gasteiger partial charge in [0.2, 0.25) is 5.91 Å². The van der Waals surface area contributed by atoms with Gasteiger partial charge >= 0.3 is 0 Å². The van der Waals surface area contributed by atoms with E-state index >= 15 is 0 Å². The number of methoxy groups -OCH3 is 1. The Balaban J connectivity index is 1.18. The highest BCUT2D eigenvalue weighted by atomic mass is 16.5. The number of amides is 1. The quantitative estimate of drug-likeness (QED) is 0.537. The maximum atomic E-state index is 12.3. The molecule has 2 aliphatic rings. The number of hydrogen-bond acceptors (Lipinski definition) is 8. The van der Waals surface area contributed by atoms with E-state index in [0.29, 0.717) is 30.9 Å². The lowest BCUT2D eigenvalue weighted by molar-refractivity contribution is -0.121. The van der Waals surface area contributed by atoms with Crippen molar-refractivity contribution in [2.75, 3.05) is 56.2 Å². The van der Waals surface area contributed by atoms with Crippen molar-refractivity contribution >= 4 is 23.1 Å². The van der Waals surface area contributed by atoms with Crippen LogP contribution in [0.15, 0.2) is 36.4 Å². The number of carbonyl (C=O) groups excluding carboxylic acids is 1. The topological polar surface area (TPSA) is 97.1 Å². The van der Waals surface area contributed by atoms with Crippen molar-refractivity contribution in [1.29, 1.82) is 0 Å². The number of carbonyl (C=O) groups is 1. The Hall–Kier alpha value is -3.40. The molecule has 0 saturated carbocycles. The van der Waals surface area contributed by atoms with Crippen LogP contribution in [0.25, 0.3) is 5.65 Å². The van der Waals surface area contributed by atoms with Crippen molar-refractivity contribution in [3.63, 3.8) is 0 Å². The predicted molar refractivity (Wildman–Crippen MR) is 129 cm³/mol. The average Bonchev–Trinajstić information content (AvgIpc) is 3.56. The lowest BCUT2D eigenvalue weighted by Gasteiger charge is -2.36. The summed E-state index contributed by atoms with van der Waals surface area (Å²) in [6, 6.07) is 12.1. The summed E-state index contributed by atoms with van der Waals surface area (Å²) in [5.41, 5.74) is 1.86. The summed E-state index contributed by atoms with van der Waals surface area (Å²) in [5, 5.41) is 16.2. The second-order valence-electron chi connectivity index (χ2n) is 8.69. The summed E-state index contributed by atoms with van der Waals surface area (Å²) in [7, 11) is 1.69. The van der Waals surface area contributed by atoms with Crippen LogP contribution in [0.2, 0.25) is 0 Å². The fourth-order valence-corrected chi connectivity index (χ4v) is 4.50. The van der Waals surface area contributed by atoms with Crippen LogP contribution in [0.1, 0.15) is 25.1 Å². The lowest BCUT2D eigenvalue weighted by atomic mass is 10.2. The number of anilines is 2. The molecule has 1 atom stereocenters. The van der Waals surface area contributed by atoms with Crippen molar-refractivity contribution in [3.8, 4) is 5.75 Å². The number of nitrogens with one attached hydrogen (secondary N) is 1. The van der Waals surface area contributed by atoms with Crippen molar-refractivity contribution in [2.45, 2.75) is 31.8 Å². The zero-order valence-electron chi connectivity index (χ0n) is 19.5. The van der Waals surface area contributed by atoms with Gasteiger partial charge in [-0.1, -0.05) is 6.07 Å². The van der Waals surface area contributed by atoms with Gasteiger partial charge in [0.15, 0.2) is 11.5 Å². The molecule has 2 saturated heterocycles. The first-order chi connectivity index (χ1) is 16.7. The van der Waals surface area contributed by atoms with Crippen LogP contribution in [0, 0.1) is 0 Å². The highest BCUT2D eigenvalue weighted by molar-refractivity contribution is 5.76. The number of rotatable bonds is 8. The van der Waals surface area contributed by atoms with Gasteiger partial charge in [0.05, 0.1) is 13.2 Å². The van der Waals surface area contributed by atoms with E-state index < -0.39 is 0 Å². The normalized spacial score (nSPS) is 18.4. The minimum Gasteiger partial charge on any atom is -0.497 e. The van der Waals surface area contributed by atoms with E-state index in [9.17, 15) is 4.79 Å². The van der Waals surface area contributed by atoms with Gasteiger partial charge in [-0.25, -0.2) is 0 Å². The number of ether oxygens (including phenoxy) is 2. The standard InChI is InChI=1S/C24H31N7O3/c1-33-19-5-2-4-18(16-19)29-11-13-30(14-12-29)23-8-7-21-26-27-22(31(21)28-23)9-10-24(32)25-17-20-6-3-15-34-20/h2,4-5,7-8,16,20H,3,6,9-15,17H2,1H3,(H,25,32)/t20-/m1/s1. The molecule has 10 heteroatoms. The first-order valence-electron chi connectivity index (χ1n) is 11.9. The smallest absolute Gasteiger partial charge is 0.220 e. The van der Waals surface area contributed by atoms with E-state index in [1.807, 2.05) is 24.3 Å². The Kier molecular flexibility index (Phi) is 6.75. The Morgan fingerprint density at radius 3 is 2.79 bits per heavy atom. The molecule has 0 bridgehead atoms. The van der Waals surface area contributed by atoms with Gasteiger partial charge in [-0.05, 0) is 37.1 Å². The Morgan fingerprint density at radius 1 is 1.15 bits per heavy atom. The third kappa shape index (κ3) is 5.06. The largest absolute Gasteiger partial charge is 0.497 e. The van der Waals surface area contributed by atoms with Crippen LogP contribution in [-0.2, 0) is 16.0 Å². The van der Waals surface area contributed by atoms with Crippen LogP contribution in [0.5, 0.6) is 5.75 Å². The number of hydrogen-bond donors (Lipinski definition) is 1. The third-order valence-electron chi connectivity index (χ3n) is 6.46. The number of piperazine rings is 1. The first kappa shape index (κ1) is 22.4. The summed E-state index contributed by atoms with van der Waals surface area (Å²) >= 11 is 0. The molecule has 34 heavy (non-hydrogen) atoms. The van der Waals surface area contributed by atoms with Gasteiger partial charge in [0.1, 0.15) is 11.6 Å². The average molecular weight is 466 g/mol. The molecule has 2 fully saturated rings.